The van der Waals surface area contributed by atoms with Crippen molar-refractivity contribution in [2.24, 2.45) is 0 Å². The molecular weight excluding hydrogens is 392 g/mol. The molecule has 2 aromatic carbocycles. The molecule has 6 nitrogen and oxygen atoms in total. The fourth-order valence-corrected chi connectivity index (χ4v) is 4.86. The van der Waals surface area contributed by atoms with Crippen LogP contribution < -0.4 is 10.2 Å². The van der Waals surface area contributed by atoms with Gasteiger partial charge in [0, 0.05) is 28.9 Å². The van der Waals surface area contributed by atoms with Crippen LogP contribution in [0.4, 0.5) is 0 Å². The third-order valence-electron chi connectivity index (χ3n) is 6.62. The maximum Gasteiger partial charge on any atom is 0.341 e. The monoisotopic (exact) mass is 412 g/mol. The number of nitrogens with zero attached hydrogens (tertiary/aromatic N) is 2. The molecular formula is C25H20N2O4. The van der Waals surface area contributed by atoms with Gasteiger partial charge in [-0.1, -0.05) is 12.1 Å². The average molecular weight is 412 g/mol. The lowest BCUT2D eigenvalue weighted by molar-refractivity contribution is 0.0691. The first-order valence-electron chi connectivity index (χ1n) is 10.2. The molecule has 3 aromatic rings. The van der Waals surface area contributed by atoms with Gasteiger partial charge in [0.1, 0.15) is 11.3 Å². The molecule has 1 fully saturated rings. The van der Waals surface area contributed by atoms with E-state index in [2.05, 4.69) is 12.1 Å². The summed E-state index contributed by atoms with van der Waals surface area (Å²) in [5.74, 6) is -0.538. The molecule has 2 aliphatic rings. The van der Waals surface area contributed by atoms with Crippen LogP contribution in [0.3, 0.4) is 0 Å². The van der Waals surface area contributed by atoms with E-state index in [0.717, 1.165) is 53.6 Å². The number of aromatic nitrogens is 1. The summed E-state index contributed by atoms with van der Waals surface area (Å²) in [6, 6.07) is 15.0. The second kappa shape index (κ2) is 6.85. The highest BCUT2D eigenvalue weighted by Gasteiger charge is 2.43. The summed E-state index contributed by atoms with van der Waals surface area (Å²) in [5.41, 5.74) is 4.33. The first kappa shape index (κ1) is 19.1. The molecule has 1 aromatic heterocycles. The lowest BCUT2D eigenvalue weighted by atomic mass is 9.69. The molecule has 0 radical (unpaired) electrons. The summed E-state index contributed by atoms with van der Waals surface area (Å²) in [6.07, 6.45) is 5.24. The van der Waals surface area contributed by atoms with Crippen molar-refractivity contribution < 1.29 is 14.6 Å². The van der Waals surface area contributed by atoms with Crippen molar-refractivity contribution in [3.63, 3.8) is 0 Å². The third kappa shape index (κ3) is 2.85. The van der Waals surface area contributed by atoms with Crippen molar-refractivity contribution in [2.75, 3.05) is 7.11 Å². The molecule has 1 spiro atoms. The number of carbonyl (C=O) groups is 1. The number of ether oxygens (including phenoxy) is 1. The highest BCUT2D eigenvalue weighted by atomic mass is 16.5. The number of benzene rings is 2. The van der Waals surface area contributed by atoms with E-state index in [9.17, 15) is 14.7 Å². The number of aromatic carboxylic acids is 1. The van der Waals surface area contributed by atoms with Crippen LogP contribution in [0.2, 0.25) is 0 Å². The lowest BCUT2D eigenvalue weighted by Crippen LogP contribution is -2.46. The minimum atomic E-state index is -1.20. The van der Waals surface area contributed by atoms with E-state index < -0.39 is 11.4 Å². The SMILES string of the molecule is COc1cc2c(cc1-c1ccc(C#N)cc1)CC1(CCC1)n1cc(C(=O)O)c(=O)cc1-2. The largest absolute Gasteiger partial charge is 0.496 e. The number of carboxylic acid groups (broad SMARTS) is 1. The number of hydrogen-bond acceptors (Lipinski definition) is 4. The quantitative estimate of drug-likeness (QED) is 0.696. The van der Waals surface area contributed by atoms with Crippen molar-refractivity contribution in [3.8, 4) is 34.2 Å². The second-order valence-electron chi connectivity index (χ2n) is 8.27. The summed E-state index contributed by atoms with van der Waals surface area (Å²) in [6.45, 7) is 0. The van der Waals surface area contributed by atoms with Crippen LogP contribution in [0.1, 0.15) is 40.7 Å². The molecule has 0 saturated heterocycles. The Hall–Kier alpha value is -3.85. The number of rotatable bonds is 3. The number of fused-ring (bicyclic) bond motifs is 4. The zero-order valence-corrected chi connectivity index (χ0v) is 17.0. The molecule has 0 bridgehead atoms. The molecule has 1 saturated carbocycles. The van der Waals surface area contributed by atoms with Crippen molar-refractivity contribution >= 4 is 5.97 Å². The van der Waals surface area contributed by atoms with Gasteiger partial charge in [0.2, 0.25) is 0 Å². The number of hydrogen-bond donors (Lipinski definition) is 1. The Kier molecular flexibility index (Phi) is 4.23. The standard InChI is InChI=1S/C25H20N2O4/c1-31-23-10-18-17(9-19(23)16-5-3-15(13-26)4-6-16)12-25(7-2-8-25)27-14-20(24(29)30)22(28)11-21(18)27/h3-6,9-11,14H,2,7-8,12H2,1H3,(H,29,30). The Balaban J connectivity index is 1.73. The van der Waals surface area contributed by atoms with Crippen LogP contribution in [0.25, 0.3) is 22.4 Å². The van der Waals surface area contributed by atoms with Crippen LogP contribution in [-0.2, 0) is 12.0 Å². The van der Waals surface area contributed by atoms with Crippen LogP contribution in [0, 0.1) is 11.3 Å². The van der Waals surface area contributed by atoms with Crippen LogP contribution >= 0.6 is 0 Å². The van der Waals surface area contributed by atoms with Crippen LogP contribution in [0.15, 0.2) is 53.5 Å². The van der Waals surface area contributed by atoms with Crippen molar-refractivity contribution in [2.45, 2.75) is 31.2 Å². The lowest BCUT2D eigenvalue weighted by Gasteiger charge is -2.49. The maximum atomic E-state index is 12.5. The van der Waals surface area contributed by atoms with E-state index in [0.29, 0.717) is 11.3 Å². The summed E-state index contributed by atoms with van der Waals surface area (Å²) < 4.78 is 7.68. The highest BCUT2D eigenvalue weighted by molar-refractivity contribution is 5.88. The van der Waals surface area contributed by atoms with Gasteiger partial charge >= 0.3 is 5.97 Å². The Labute approximate surface area is 179 Å². The molecule has 2 heterocycles. The van der Waals surface area contributed by atoms with E-state index in [1.807, 2.05) is 22.8 Å². The highest BCUT2D eigenvalue weighted by Crippen LogP contribution is 2.50. The fourth-order valence-electron chi connectivity index (χ4n) is 4.86. The van der Waals surface area contributed by atoms with Crippen molar-refractivity contribution in [1.29, 1.82) is 5.26 Å². The van der Waals surface area contributed by atoms with Gasteiger partial charge in [-0.15, -0.1) is 0 Å². The zero-order chi connectivity index (χ0) is 21.8. The predicted molar refractivity (Wildman–Crippen MR) is 115 cm³/mol. The van der Waals surface area contributed by atoms with E-state index in [4.69, 9.17) is 10.00 Å². The molecule has 1 aliphatic heterocycles. The minimum Gasteiger partial charge on any atom is -0.496 e. The van der Waals surface area contributed by atoms with Gasteiger partial charge in [0.25, 0.3) is 0 Å². The molecule has 0 amide bonds. The molecule has 31 heavy (non-hydrogen) atoms. The Bertz CT molecular complexity index is 1330. The van der Waals surface area contributed by atoms with Crippen molar-refractivity contribution in [3.05, 3.63) is 75.6 Å². The fraction of sp³-hybridized carbons (Fsp3) is 0.240. The van der Waals surface area contributed by atoms with E-state index >= 15 is 0 Å². The zero-order valence-electron chi connectivity index (χ0n) is 17.0. The van der Waals surface area contributed by atoms with E-state index in [-0.39, 0.29) is 11.1 Å². The van der Waals surface area contributed by atoms with Crippen molar-refractivity contribution in [1.82, 2.24) is 4.57 Å². The molecule has 1 aliphatic carbocycles. The molecule has 6 heteroatoms. The van der Waals surface area contributed by atoms with Gasteiger partial charge in [0.15, 0.2) is 5.43 Å². The number of pyridine rings is 1. The van der Waals surface area contributed by atoms with E-state index in [1.165, 1.54) is 12.3 Å². The van der Waals surface area contributed by atoms with Gasteiger partial charge in [-0.3, -0.25) is 4.79 Å². The predicted octanol–water partition coefficient (Wildman–Crippen LogP) is 4.20. The molecule has 0 atom stereocenters. The average Bonchev–Trinajstić information content (AvgIpc) is 2.76. The molecule has 154 valence electrons. The summed E-state index contributed by atoms with van der Waals surface area (Å²) in [4.78, 5) is 24.1. The van der Waals surface area contributed by atoms with Gasteiger partial charge < -0.3 is 14.4 Å². The molecule has 0 unspecified atom stereocenters. The number of carboxylic acids is 1. The summed E-state index contributed by atoms with van der Waals surface area (Å²) >= 11 is 0. The second-order valence-corrected chi connectivity index (χ2v) is 8.27. The van der Waals surface area contributed by atoms with Gasteiger partial charge in [-0.25, -0.2) is 4.79 Å². The first-order valence-corrected chi connectivity index (χ1v) is 10.2. The first-order chi connectivity index (χ1) is 15.0. The Morgan fingerprint density at radius 1 is 1.16 bits per heavy atom. The smallest absolute Gasteiger partial charge is 0.341 e. The summed E-state index contributed by atoms with van der Waals surface area (Å²) in [7, 11) is 1.60. The molecule has 1 N–H and O–H groups in total. The number of methoxy groups -OCH3 is 1. The normalized spacial score (nSPS) is 15.4. The van der Waals surface area contributed by atoms with Gasteiger partial charge in [-0.2, -0.15) is 5.26 Å². The van der Waals surface area contributed by atoms with Gasteiger partial charge in [0.05, 0.1) is 24.4 Å². The topological polar surface area (TPSA) is 92.3 Å². The maximum absolute atomic E-state index is 12.5. The Morgan fingerprint density at radius 2 is 1.90 bits per heavy atom. The van der Waals surface area contributed by atoms with Gasteiger partial charge in [-0.05, 0) is 61.1 Å². The summed E-state index contributed by atoms with van der Waals surface area (Å²) in [5, 5.41) is 18.5. The van der Waals surface area contributed by atoms with Crippen LogP contribution in [0.5, 0.6) is 5.75 Å². The molecule has 5 rings (SSSR count). The third-order valence-corrected chi connectivity index (χ3v) is 6.62. The number of nitriles is 1. The van der Waals surface area contributed by atoms with Crippen LogP contribution in [-0.4, -0.2) is 22.8 Å². The van der Waals surface area contributed by atoms with E-state index in [1.54, 1.807) is 19.2 Å². The minimum absolute atomic E-state index is 0.195. The Morgan fingerprint density at radius 3 is 2.48 bits per heavy atom.